The van der Waals surface area contributed by atoms with Crippen LogP contribution >= 0.6 is 27.3 Å². The first kappa shape index (κ1) is 26.3. The van der Waals surface area contributed by atoms with E-state index in [9.17, 15) is 9.59 Å². The number of carbonyl (C=O) groups is 2. The van der Waals surface area contributed by atoms with Gasteiger partial charge in [-0.25, -0.2) is 4.79 Å². The highest BCUT2D eigenvalue weighted by Gasteiger charge is 2.34. The van der Waals surface area contributed by atoms with Crippen molar-refractivity contribution in [2.24, 2.45) is 11.3 Å². The normalized spacial score (nSPS) is 15.7. The minimum atomic E-state index is -0.377. The van der Waals surface area contributed by atoms with Crippen LogP contribution in [-0.4, -0.2) is 32.7 Å². The maximum atomic E-state index is 12.8. The Balaban J connectivity index is 1.86. The monoisotopic (exact) mass is 549 g/mol. The lowest BCUT2D eigenvalue weighted by molar-refractivity contribution is -0.111. The molecule has 1 unspecified atom stereocenters. The zero-order chi connectivity index (χ0) is 25.0. The zero-order valence-electron chi connectivity index (χ0n) is 20.5. The molecule has 1 aliphatic rings. The number of carbonyl (C=O) groups excluding carboxylic acids is 2. The van der Waals surface area contributed by atoms with Crippen LogP contribution in [0.3, 0.4) is 0 Å². The molecule has 1 heterocycles. The molecule has 8 heteroatoms. The lowest BCUT2D eigenvalue weighted by Crippen LogP contribution is -2.26. The highest BCUT2D eigenvalue weighted by Crippen LogP contribution is 2.44. The molecular formula is C26H32BrNO5S. The number of thiophene rings is 1. The van der Waals surface area contributed by atoms with Gasteiger partial charge in [0.1, 0.15) is 5.00 Å². The zero-order valence-corrected chi connectivity index (χ0v) is 22.9. The molecule has 1 N–H and O–H groups in total. The van der Waals surface area contributed by atoms with E-state index < -0.39 is 0 Å². The summed E-state index contributed by atoms with van der Waals surface area (Å²) in [7, 11) is 3.13. The molecule has 1 aromatic carbocycles. The van der Waals surface area contributed by atoms with Gasteiger partial charge in [0.15, 0.2) is 11.5 Å². The van der Waals surface area contributed by atoms with Crippen LogP contribution in [0.1, 0.15) is 60.5 Å². The van der Waals surface area contributed by atoms with E-state index in [1.807, 2.05) is 6.07 Å². The maximum absolute atomic E-state index is 12.8. The highest BCUT2D eigenvalue weighted by atomic mass is 79.9. The van der Waals surface area contributed by atoms with Crippen LogP contribution in [-0.2, 0) is 22.4 Å². The number of amides is 1. The van der Waals surface area contributed by atoms with Crippen LogP contribution in [0.15, 0.2) is 22.7 Å². The fraction of sp³-hybridized carbons (Fsp3) is 0.462. The number of ether oxygens (including phenoxy) is 3. The fourth-order valence-corrected chi connectivity index (χ4v) is 6.13. The van der Waals surface area contributed by atoms with Crippen LogP contribution in [0.25, 0.3) is 6.08 Å². The number of benzene rings is 1. The molecule has 184 valence electrons. The lowest BCUT2D eigenvalue weighted by Gasteiger charge is -2.33. The SMILES string of the molecule is CCOC(=O)c1c(NC(=O)C=Cc2cc(Br)c(OC)c(OC)c2)sc2c1CCC(C(C)(C)C)C2. The predicted octanol–water partition coefficient (Wildman–Crippen LogP) is 6.51. The summed E-state index contributed by atoms with van der Waals surface area (Å²) in [6.07, 6.45) is 5.87. The van der Waals surface area contributed by atoms with Gasteiger partial charge in [-0.3, -0.25) is 4.79 Å². The smallest absolute Gasteiger partial charge is 0.341 e. The van der Waals surface area contributed by atoms with Gasteiger partial charge in [-0.1, -0.05) is 20.8 Å². The number of nitrogens with one attached hydrogen (secondary N) is 1. The van der Waals surface area contributed by atoms with Crippen LogP contribution in [0.5, 0.6) is 11.5 Å². The third kappa shape index (κ3) is 5.84. The van der Waals surface area contributed by atoms with Crippen molar-refractivity contribution in [2.75, 3.05) is 26.1 Å². The summed E-state index contributed by atoms with van der Waals surface area (Å²) in [4.78, 5) is 26.8. The Morgan fingerprint density at radius 2 is 1.97 bits per heavy atom. The standard InChI is InChI=1S/C26H32BrNO5S/c1-7-33-25(30)22-17-10-9-16(26(2,3)4)14-20(17)34-24(22)28-21(29)11-8-15-12-18(27)23(32-6)19(13-15)31-5/h8,11-13,16H,7,9-10,14H2,1-6H3,(H,28,29). The Morgan fingerprint density at radius 1 is 1.24 bits per heavy atom. The lowest BCUT2D eigenvalue weighted by atomic mass is 9.72. The quantitative estimate of drug-likeness (QED) is 0.315. The minimum absolute atomic E-state index is 0.186. The van der Waals surface area contributed by atoms with Crippen molar-refractivity contribution < 1.29 is 23.8 Å². The van der Waals surface area contributed by atoms with Crippen molar-refractivity contribution in [3.05, 3.63) is 44.2 Å². The van der Waals surface area contributed by atoms with E-state index in [0.29, 0.717) is 28.0 Å². The molecule has 0 saturated carbocycles. The second-order valence-electron chi connectivity index (χ2n) is 9.29. The number of fused-ring (bicyclic) bond motifs is 1. The number of esters is 1. The summed E-state index contributed by atoms with van der Waals surface area (Å²) in [6, 6.07) is 3.62. The number of halogens is 1. The topological polar surface area (TPSA) is 73.9 Å². The first-order chi connectivity index (χ1) is 16.1. The van der Waals surface area contributed by atoms with Gasteiger partial charge in [-0.15, -0.1) is 11.3 Å². The molecule has 0 fully saturated rings. The summed E-state index contributed by atoms with van der Waals surface area (Å²) in [5, 5.41) is 3.48. The molecule has 0 bridgehead atoms. The van der Waals surface area contributed by atoms with Gasteiger partial charge in [0.25, 0.3) is 0 Å². The number of rotatable bonds is 7. The second-order valence-corrected chi connectivity index (χ2v) is 11.3. The minimum Gasteiger partial charge on any atom is -0.493 e. The number of hydrogen-bond acceptors (Lipinski definition) is 6. The first-order valence-electron chi connectivity index (χ1n) is 11.3. The van der Waals surface area contributed by atoms with Gasteiger partial charge < -0.3 is 19.5 Å². The molecule has 1 amide bonds. The van der Waals surface area contributed by atoms with E-state index in [2.05, 4.69) is 42.0 Å². The number of anilines is 1. The molecule has 1 atom stereocenters. The molecule has 0 saturated heterocycles. The van der Waals surface area contributed by atoms with Crippen LogP contribution in [0, 0.1) is 11.3 Å². The first-order valence-corrected chi connectivity index (χ1v) is 12.9. The molecular weight excluding hydrogens is 518 g/mol. The highest BCUT2D eigenvalue weighted by molar-refractivity contribution is 9.10. The molecule has 1 aliphatic carbocycles. The van der Waals surface area contributed by atoms with Crippen LogP contribution in [0.4, 0.5) is 5.00 Å². The van der Waals surface area contributed by atoms with Crippen molar-refractivity contribution >= 4 is 50.2 Å². The Bertz CT molecular complexity index is 1100. The van der Waals surface area contributed by atoms with E-state index in [4.69, 9.17) is 14.2 Å². The fourth-order valence-electron chi connectivity index (χ4n) is 4.19. The van der Waals surface area contributed by atoms with E-state index in [-0.39, 0.29) is 23.9 Å². The summed E-state index contributed by atoms with van der Waals surface area (Å²) >= 11 is 4.95. The number of methoxy groups -OCH3 is 2. The Morgan fingerprint density at radius 3 is 2.59 bits per heavy atom. The van der Waals surface area contributed by atoms with Gasteiger partial charge in [0.05, 0.1) is 30.9 Å². The van der Waals surface area contributed by atoms with Crippen molar-refractivity contribution in [3.63, 3.8) is 0 Å². The van der Waals surface area contributed by atoms with Crippen molar-refractivity contribution in [1.29, 1.82) is 0 Å². The molecule has 6 nitrogen and oxygen atoms in total. The summed E-state index contributed by atoms with van der Waals surface area (Å²) in [6.45, 7) is 8.83. The van der Waals surface area contributed by atoms with E-state index in [1.54, 1.807) is 33.3 Å². The Hall–Kier alpha value is -2.32. The molecule has 2 aromatic rings. The van der Waals surface area contributed by atoms with E-state index in [1.165, 1.54) is 17.4 Å². The Kier molecular flexibility index (Phi) is 8.47. The van der Waals surface area contributed by atoms with Crippen molar-refractivity contribution in [1.82, 2.24) is 0 Å². The summed E-state index contributed by atoms with van der Waals surface area (Å²) < 4.78 is 16.7. The maximum Gasteiger partial charge on any atom is 0.341 e. The molecule has 34 heavy (non-hydrogen) atoms. The third-order valence-corrected chi connectivity index (χ3v) is 7.85. The average molecular weight is 551 g/mol. The predicted molar refractivity (Wildman–Crippen MR) is 140 cm³/mol. The van der Waals surface area contributed by atoms with Crippen molar-refractivity contribution in [3.8, 4) is 11.5 Å². The van der Waals surface area contributed by atoms with E-state index in [0.717, 1.165) is 39.7 Å². The molecule has 0 aliphatic heterocycles. The van der Waals surface area contributed by atoms with Gasteiger partial charge in [0.2, 0.25) is 5.91 Å². The van der Waals surface area contributed by atoms with Gasteiger partial charge in [0, 0.05) is 11.0 Å². The Labute approximate surface area is 213 Å². The summed E-state index contributed by atoms with van der Waals surface area (Å²) in [5.74, 6) is 0.974. The third-order valence-electron chi connectivity index (χ3n) is 6.09. The van der Waals surface area contributed by atoms with E-state index >= 15 is 0 Å². The summed E-state index contributed by atoms with van der Waals surface area (Å²) in [5.41, 5.74) is 2.48. The van der Waals surface area contributed by atoms with Gasteiger partial charge in [-0.05, 0) is 82.8 Å². The van der Waals surface area contributed by atoms with Crippen LogP contribution < -0.4 is 14.8 Å². The second kappa shape index (κ2) is 11.0. The number of hydrogen-bond donors (Lipinski definition) is 1. The molecule has 0 radical (unpaired) electrons. The van der Waals surface area contributed by atoms with Crippen molar-refractivity contribution in [2.45, 2.75) is 47.0 Å². The average Bonchev–Trinajstić information content (AvgIpc) is 3.13. The largest absolute Gasteiger partial charge is 0.493 e. The van der Waals surface area contributed by atoms with Crippen LogP contribution in [0.2, 0.25) is 0 Å². The molecule has 0 spiro atoms. The van der Waals surface area contributed by atoms with Gasteiger partial charge >= 0.3 is 5.97 Å². The van der Waals surface area contributed by atoms with Gasteiger partial charge in [-0.2, -0.15) is 0 Å². The molecule has 3 rings (SSSR count). The molecule has 1 aromatic heterocycles.